The third kappa shape index (κ3) is 5.58. The summed E-state index contributed by atoms with van der Waals surface area (Å²) in [6.45, 7) is -2.34. The molecule has 0 aliphatic carbocycles. The summed E-state index contributed by atoms with van der Waals surface area (Å²) >= 11 is 0. The van der Waals surface area contributed by atoms with E-state index in [9.17, 15) is 18.0 Å². The Kier molecular flexibility index (Phi) is 5.97. The highest BCUT2D eigenvalue weighted by atomic mass is 19.4. The van der Waals surface area contributed by atoms with Crippen LogP contribution in [0.1, 0.15) is 5.56 Å². The molecule has 0 fully saturated rings. The van der Waals surface area contributed by atoms with Gasteiger partial charge in [0.05, 0.1) is 12.6 Å². The molecule has 1 rings (SSSR count). The Morgan fingerprint density at radius 2 is 1.90 bits per heavy atom. The Bertz CT molecular complexity index is 423. The number of hydrogen-bond acceptors (Lipinski definition) is 3. The van der Waals surface area contributed by atoms with Gasteiger partial charge in [-0.25, -0.2) is 0 Å². The number of aliphatic hydroxyl groups excluding tert-OH is 1. The van der Waals surface area contributed by atoms with Gasteiger partial charge < -0.3 is 15.7 Å². The average Bonchev–Trinajstić information content (AvgIpc) is 2.37. The minimum Gasteiger partial charge on any atom is -0.395 e. The van der Waals surface area contributed by atoms with E-state index in [2.05, 4.69) is 0 Å². The van der Waals surface area contributed by atoms with E-state index in [0.29, 0.717) is 4.90 Å². The van der Waals surface area contributed by atoms with E-state index in [-0.39, 0.29) is 13.0 Å². The second-order valence-electron chi connectivity index (χ2n) is 4.39. The van der Waals surface area contributed by atoms with Gasteiger partial charge in [-0.05, 0) is 12.0 Å². The van der Waals surface area contributed by atoms with E-state index in [1.165, 1.54) is 0 Å². The molecule has 0 saturated heterocycles. The average molecular weight is 290 g/mol. The molecule has 0 unspecified atom stereocenters. The van der Waals surface area contributed by atoms with Gasteiger partial charge in [-0.1, -0.05) is 30.3 Å². The number of aliphatic hydroxyl groups is 1. The first-order valence-corrected chi connectivity index (χ1v) is 6.09. The smallest absolute Gasteiger partial charge is 0.395 e. The molecule has 7 heteroatoms. The van der Waals surface area contributed by atoms with E-state index >= 15 is 0 Å². The van der Waals surface area contributed by atoms with Crippen LogP contribution in [-0.4, -0.2) is 47.8 Å². The maximum atomic E-state index is 12.4. The van der Waals surface area contributed by atoms with Crippen molar-refractivity contribution in [3.8, 4) is 0 Å². The summed E-state index contributed by atoms with van der Waals surface area (Å²) in [5.74, 6) is -0.819. The minimum atomic E-state index is -4.52. The first-order chi connectivity index (χ1) is 9.33. The molecule has 0 heterocycles. The summed E-state index contributed by atoms with van der Waals surface area (Å²) in [4.78, 5) is 12.4. The van der Waals surface area contributed by atoms with Gasteiger partial charge in [-0.2, -0.15) is 13.2 Å². The Morgan fingerprint density at radius 3 is 2.40 bits per heavy atom. The van der Waals surface area contributed by atoms with Crippen LogP contribution in [0.4, 0.5) is 13.2 Å². The Labute approximate surface area is 115 Å². The zero-order valence-electron chi connectivity index (χ0n) is 10.8. The highest BCUT2D eigenvalue weighted by Crippen LogP contribution is 2.17. The normalized spacial score (nSPS) is 13.1. The minimum absolute atomic E-state index is 0.152. The standard InChI is InChI=1S/C13H17F3N2O2/c14-13(15,16)9-18(6-7-19)12(20)11(17)8-10-4-2-1-3-5-10/h1-5,11,19H,6-9,17H2/t11-/m1/s1. The Balaban J connectivity index is 2.68. The molecule has 0 radical (unpaired) electrons. The van der Waals surface area contributed by atoms with Crippen molar-refractivity contribution in [3.63, 3.8) is 0 Å². The van der Waals surface area contributed by atoms with Crippen molar-refractivity contribution in [2.24, 2.45) is 5.73 Å². The van der Waals surface area contributed by atoms with Crippen LogP contribution < -0.4 is 5.73 Å². The van der Waals surface area contributed by atoms with Crippen LogP contribution >= 0.6 is 0 Å². The predicted octanol–water partition coefficient (Wildman–Crippen LogP) is 0.940. The fourth-order valence-corrected chi connectivity index (χ4v) is 1.79. The highest BCUT2D eigenvalue weighted by molar-refractivity contribution is 5.82. The maximum absolute atomic E-state index is 12.4. The van der Waals surface area contributed by atoms with Gasteiger partial charge in [-0.3, -0.25) is 4.79 Å². The van der Waals surface area contributed by atoms with Crippen LogP contribution in [0.15, 0.2) is 30.3 Å². The zero-order valence-corrected chi connectivity index (χ0v) is 10.8. The first kappa shape index (κ1) is 16.5. The van der Waals surface area contributed by atoms with E-state index in [4.69, 9.17) is 10.8 Å². The lowest BCUT2D eigenvalue weighted by Gasteiger charge is -2.26. The first-order valence-electron chi connectivity index (χ1n) is 6.09. The number of amides is 1. The summed E-state index contributed by atoms with van der Waals surface area (Å²) in [6.07, 6.45) is -4.36. The van der Waals surface area contributed by atoms with Crippen molar-refractivity contribution in [2.75, 3.05) is 19.7 Å². The number of rotatable bonds is 6. The number of benzene rings is 1. The summed E-state index contributed by atoms with van der Waals surface area (Å²) in [6, 6.07) is 7.73. The summed E-state index contributed by atoms with van der Waals surface area (Å²) < 4.78 is 37.1. The Morgan fingerprint density at radius 1 is 1.30 bits per heavy atom. The summed E-state index contributed by atoms with van der Waals surface area (Å²) in [5.41, 5.74) is 6.43. The largest absolute Gasteiger partial charge is 0.406 e. The van der Waals surface area contributed by atoms with Crippen molar-refractivity contribution in [1.82, 2.24) is 4.90 Å². The second-order valence-corrected chi connectivity index (χ2v) is 4.39. The van der Waals surface area contributed by atoms with Gasteiger partial charge in [0.2, 0.25) is 5.91 Å². The zero-order chi connectivity index (χ0) is 15.2. The quantitative estimate of drug-likeness (QED) is 0.819. The molecule has 20 heavy (non-hydrogen) atoms. The maximum Gasteiger partial charge on any atom is 0.406 e. The lowest BCUT2D eigenvalue weighted by molar-refractivity contribution is -0.162. The third-order valence-electron chi connectivity index (χ3n) is 2.67. The van der Waals surface area contributed by atoms with Gasteiger partial charge in [0.25, 0.3) is 0 Å². The lowest BCUT2D eigenvalue weighted by atomic mass is 10.1. The molecule has 1 aromatic carbocycles. The van der Waals surface area contributed by atoms with E-state index in [1.54, 1.807) is 30.3 Å². The number of halogens is 3. The van der Waals surface area contributed by atoms with Crippen molar-refractivity contribution in [3.05, 3.63) is 35.9 Å². The number of nitrogens with two attached hydrogens (primary N) is 1. The predicted molar refractivity (Wildman–Crippen MR) is 67.8 cm³/mol. The van der Waals surface area contributed by atoms with Gasteiger partial charge >= 0.3 is 6.18 Å². The van der Waals surface area contributed by atoms with Crippen molar-refractivity contribution in [2.45, 2.75) is 18.6 Å². The van der Waals surface area contributed by atoms with Crippen LogP contribution in [0.25, 0.3) is 0 Å². The SMILES string of the molecule is N[C@H](Cc1ccccc1)C(=O)N(CCO)CC(F)(F)F. The molecule has 0 bridgehead atoms. The van der Waals surface area contributed by atoms with Gasteiger partial charge in [0, 0.05) is 6.54 Å². The van der Waals surface area contributed by atoms with Crippen LogP contribution in [0.3, 0.4) is 0 Å². The summed E-state index contributed by atoms with van der Waals surface area (Å²) in [5, 5.41) is 8.75. The molecule has 0 spiro atoms. The molecule has 0 aromatic heterocycles. The monoisotopic (exact) mass is 290 g/mol. The molecular weight excluding hydrogens is 273 g/mol. The van der Waals surface area contributed by atoms with Crippen molar-refractivity contribution < 1.29 is 23.1 Å². The highest BCUT2D eigenvalue weighted by Gasteiger charge is 2.34. The van der Waals surface area contributed by atoms with Gasteiger partial charge in [-0.15, -0.1) is 0 Å². The molecule has 1 aromatic rings. The van der Waals surface area contributed by atoms with E-state index < -0.39 is 31.3 Å². The number of alkyl halides is 3. The topological polar surface area (TPSA) is 66.6 Å². The van der Waals surface area contributed by atoms with E-state index in [0.717, 1.165) is 5.56 Å². The molecule has 112 valence electrons. The molecule has 3 N–H and O–H groups in total. The molecule has 0 aliphatic rings. The fraction of sp³-hybridized carbons (Fsp3) is 0.462. The number of carbonyl (C=O) groups is 1. The van der Waals surface area contributed by atoms with Crippen LogP contribution in [0, 0.1) is 0 Å². The van der Waals surface area contributed by atoms with E-state index in [1.807, 2.05) is 0 Å². The van der Waals surface area contributed by atoms with Gasteiger partial charge in [0.15, 0.2) is 0 Å². The fourth-order valence-electron chi connectivity index (χ4n) is 1.79. The van der Waals surface area contributed by atoms with Crippen molar-refractivity contribution >= 4 is 5.91 Å². The third-order valence-corrected chi connectivity index (χ3v) is 2.67. The molecule has 4 nitrogen and oxygen atoms in total. The molecular formula is C13H17F3N2O2. The Hall–Kier alpha value is -1.60. The molecule has 1 amide bonds. The molecule has 1 atom stereocenters. The van der Waals surface area contributed by atoms with Gasteiger partial charge in [0.1, 0.15) is 6.54 Å². The number of hydrogen-bond donors (Lipinski definition) is 2. The van der Waals surface area contributed by atoms with Crippen LogP contribution in [0.5, 0.6) is 0 Å². The number of nitrogens with zero attached hydrogens (tertiary/aromatic N) is 1. The summed E-state index contributed by atoms with van der Waals surface area (Å²) in [7, 11) is 0. The van der Waals surface area contributed by atoms with Crippen molar-refractivity contribution in [1.29, 1.82) is 0 Å². The molecule has 0 aliphatic heterocycles. The van der Waals surface area contributed by atoms with Crippen LogP contribution in [0.2, 0.25) is 0 Å². The number of carbonyl (C=O) groups excluding carboxylic acids is 1. The lowest BCUT2D eigenvalue weighted by Crippen LogP contribution is -2.49. The second kappa shape index (κ2) is 7.25. The van der Waals surface area contributed by atoms with Crippen LogP contribution in [-0.2, 0) is 11.2 Å². The molecule has 0 saturated carbocycles.